The number of para-hydroxylation sites is 1. The third-order valence-corrected chi connectivity index (χ3v) is 4.22. The molecule has 3 rings (SSSR count). The van der Waals surface area contributed by atoms with Crippen molar-refractivity contribution in [2.24, 2.45) is 0 Å². The van der Waals surface area contributed by atoms with Crippen molar-refractivity contribution in [3.05, 3.63) is 94.8 Å². The predicted molar refractivity (Wildman–Crippen MR) is 111 cm³/mol. The van der Waals surface area contributed by atoms with Gasteiger partial charge in [0.05, 0.1) is 11.3 Å². The Kier molecular flexibility index (Phi) is 6.77. The van der Waals surface area contributed by atoms with Crippen LogP contribution in [0, 0.1) is 5.82 Å². The summed E-state index contributed by atoms with van der Waals surface area (Å²) in [5.74, 6) is -2.23. The zero-order valence-corrected chi connectivity index (χ0v) is 16.3. The topological polar surface area (TPSA) is 84.5 Å². The molecule has 152 valence electrons. The number of anilines is 2. The molecule has 3 aromatic carbocycles. The predicted octanol–water partition coefficient (Wildman–Crippen LogP) is 4.53. The lowest BCUT2D eigenvalue weighted by molar-refractivity contribution is -0.119. The van der Waals surface area contributed by atoms with Gasteiger partial charge in [0.2, 0.25) is 0 Å². The molecule has 0 saturated carbocycles. The summed E-state index contributed by atoms with van der Waals surface area (Å²) < 4.78 is 17.9. The molecular weight excluding hydrogens is 411 g/mol. The summed E-state index contributed by atoms with van der Waals surface area (Å²) in [6.07, 6.45) is 0. The first-order chi connectivity index (χ1) is 14.4. The third-order valence-electron chi connectivity index (χ3n) is 3.96. The van der Waals surface area contributed by atoms with Gasteiger partial charge in [-0.2, -0.15) is 0 Å². The second-order valence-corrected chi connectivity index (χ2v) is 6.57. The fourth-order valence-corrected chi connectivity index (χ4v) is 2.63. The number of rotatable bonds is 6. The van der Waals surface area contributed by atoms with E-state index in [1.54, 1.807) is 42.5 Å². The fourth-order valence-electron chi connectivity index (χ4n) is 2.51. The van der Waals surface area contributed by atoms with Gasteiger partial charge in [-0.15, -0.1) is 0 Å². The van der Waals surface area contributed by atoms with E-state index < -0.39 is 30.2 Å². The third kappa shape index (κ3) is 5.65. The largest absolute Gasteiger partial charge is 0.452 e. The molecule has 8 heteroatoms. The Morgan fingerprint density at radius 3 is 2.23 bits per heavy atom. The van der Waals surface area contributed by atoms with Crippen LogP contribution in [0.15, 0.2) is 72.8 Å². The highest BCUT2D eigenvalue weighted by atomic mass is 35.5. The minimum atomic E-state index is -0.781. The molecule has 0 radical (unpaired) electrons. The van der Waals surface area contributed by atoms with Crippen molar-refractivity contribution in [2.45, 2.75) is 0 Å². The van der Waals surface area contributed by atoms with E-state index in [1.165, 1.54) is 30.3 Å². The fraction of sp³-hybridized carbons (Fsp3) is 0.0455. The molecule has 2 amide bonds. The number of carbonyl (C=O) groups excluding carboxylic acids is 3. The Morgan fingerprint density at radius 2 is 1.53 bits per heavy atom. The molecule has 0 bridgehead atoms. The van der Waals surface area contributed by atoms with Crippen LogP contribution in [0.2, 0.25) is 5.02 Å². The highest BCUT2D eigenvalue weighted by molar-refractivity contribution is 6.30. The number of nitrogens with one attached hydrogen (secondary N) is 2. The van der Waals surface area contributed by atoms with E-state index in [0.717, 1.165) is 0 Å². The van der Waals surface area contributed by atoms with E-state index >= 15 is 0 Å². The molecule has 0 aliphatic rings. The van der Waals surface area contributed by atoms with Gasteiger partial charge in [0.25, 0.3) is 11.8 Å². The Morgan fingerprint density at radius 1 is 0.867 bits per heavy atom. The van der Waals surface area contributed by atoms with Crippen LogP contribution in [-0.4, -0.2) is 24.4 Å². The average Bonchev–Trinajstić information content (AvgIpc) is 2.74. The Balaban J connectivity index is 1.62. The standard InChI is InChI=1S/C22H16ClFN2O4/c23-15-7-5-14(6-8-15)21(28)26-19-4-2-1-3-18(19)22(29)30-13-20(27)25-17-11-9-16(24)10-12-17/h1-12H,13H2,(H,25,27)(H,26,28). The van der Waals surface area contributed by atoms with Crippen molar-refractivity contribution in [3.63, 3.8) is 0 Å². The van der Waals surface area contributed by atoms with Crippen LogP contribution in [0.3, 0.4) is 0 Å². The SMILES string of the molecule is O=C(COC(=O)c1ccccc1NC(=O)c1ccc(Cl)cc1)Nc1ccc(F)cc1. The molecule has 30 heavy (non-hydrogen) atoms. The molecule has 3 aromatic rings. The maximum Gasteiger partial charge on any atom is 0.340 e. The lowest BCUT2D eigenvalue weighted by Crippen LogP contribution is -2.22. The van der Waals surface area contributed by atoms with E-state index in [2.05, 4.69) is 10.6 Å². The molecule has 0 aliphatic carbocycles. The van der Waals surface area contributed by atoms with Crippen molar-refractivity contribution < 1.29 is 23.5 Å². The number of hydrogen-bond acceptors (Lipinski definition) is 4. The van der Waals surface area contributed by atoms with Crippen LogP contribution in [0.25, 0.3) is 0 Å². The smallest absolute Gasteiger partial charge is 0.340 e. The summed E-state index contributed by atoms with van der Waals surface area (Å²) >= 11 is 5.82. The average molecular weight is 427 g/mol. The van der Waals surface area contributed by atoms with Crippen LogP contribution in [0.5, 0.6) is 0 Å². The summed E-state index contributed by atoms with van der Waals surface area (Å²) in [6, 6.07) is 17.7. The van der Waals surface area contributed by atoms with Crippen LogP contribution in [-0.2, 0) is 9.53 Å². The summed E-state index contributed by atoms with van der Waals surface area (Å²) in [4.78, 5) is 36.8. The van der Waals surface area contributed by atoms with E-state index in [1.807, 2.05) is 0 Å². The number of benzene rings is 3. The minimum Gasteiger partial charge on any atom is -0.452 e. The summed E-state index contributed by atoms with van der Waals surface area (Å²) in [5.41, 5.74) is 1.06. The second-order valence-electron chi connectivity index (χ2n) is 6.14. The van der Waals surface area contributed by atoms with Crippen molar-refractivity contribution in [1.29, 1.82) is 0 Å². The van der Waals surface area contributed by atoms with Crippen LogP contribution in [0.4, 0.5) is 15.8 Å². The number of carbonyl (C=O) groups is 3. The number of esters is 1. The Bertz CT molecular complexity index is 1070. The van der Waals surface area contributed by atoms with Gasteiger partial charge in [0.15, 0.2) is 6.61 Å². The number of ether oxygens (including phenoxy) is 1. The van der Waals surface area contributed by atoms with E-state index in [0.29, 0.717) is 16.3 Å². The van der Waals surface area contributed by atoms with Crippen LogP contribution < -0.4 is 10.6 Å². The molecule has 0 fully saturated rings. The first-order valence-electron chi connectivity index (χ1n) is 8.81. The van der Waals surface area contributed by atoms with Gasteiger partial charge in [-0.25, -0.2) is 9.18 Å². The lowest BCUT2D eigenvalue weighted by Gasteiger charge is -2.11. The van der Waals surface area contributed by atoms with E-state index in [9.17, 15) is 18.8 Å². The number of halogens is 2. The molecule has 0 spiro atoms. The van der Waals surface area contributed by atoms with Crippen LogP contribution >= 0.6 is 11.6 Å². The summed E-state index contributed by atoms with van der Waals surface area (Å²) in [5, 5.41) is 5.62. The second kappa shape index (κ2) is 9.67. The van der Waals surface area contributed by atoms with Gasteiger partial charge in [0.1, 0.15) is 5.82 Å². The monoisotopic (exact) mass is 426 g/mol. The molecule has 0 unspecified atom stereocenters. The number of amides is 2. The van der Waals surface area contributed by atoms with Gasteiger partial charge < -0.3 is 15.4 Å². The molecule has 2 N–H and O–H groups in total. The van der Waals surface area contributed by atoms with Gasteiger partial charge in [0, 0.05) is 16.3 Å². The first-order valence-corrected chi connectivity index (χ1v) is 9.18. The Labute approximate surface area is 176 Å². The van der Waals surface area contributed by atoms with Gasteiger partial charge in [-0.05, 0) is 60.7 Å². The summed E-state index contributed by atoms with van der Waals surface area (Å²) in [6.45, 7) is -0.546. The zero-order chi connectivity index (χ0) is 21.5. The molecule has 0 heterocycles. The van der Waals surface area contributed by atoms with Gasteiger partial charge in [-0.1, -0.05) is 23.7 Å². The highest BCUT2D eigenvalue weighted by Crippen LogP contribution is 2.18. The minimum absolute atomic E-state index is 0.0920. The molecule has 6 nitrogen and oxygen atoms in total. The Hall–Kier alpha value is -3.71. The van der Waals surface area contributed by atoms with Crippen molar-refractivity contribution >= 4 is 40.8 Å². The molecule has 0 saturated heterocycles. The van der Waals surface area contributed by atoms with Crippen LogP contribution in [0.1, 0.15) is 20.7 Å². The normalized spacial score (nSPS) is 10.2. The van der Waals surface area contributed by atoms with Crippen molar-refractivity contribution in [1.82, 2.24) is 0 Å². The maximum absolute atomic E-state index is 12.9. The highest BCUT2D eigenvalue weighted by Gasteiger charge is 2.16. The number of hydrogen-bond donors (Lipinski definition) is 2. The van der Waals surface area contributed by atoms with Crippen molar-refractivity contribution in [3.8, 4) is 0 Å². The van der Waals surface area contributed by atoms with E-state index in [-0.39, 0.29) is 11.3 Å². The lowest BCUT2D eigenvalue weighted by atomic mass is 10.1. The first kappa shape index (κ1) is 21.0. The van der Waals surface area contributed by atoms with Gasteiger partial charge in [-0.3, -0.25) is 9.59 Å². The van der Waals surface area contributed by atoms with Crippen molar-refractivity contribution in [2.75, 3.05) is 17.2 Å². The molecule has 0 atom stereocenters. The molecule has 0 aromatic heterocycles. The zero-order valence-electron chi connectivity index (χ0n) is 15.5. The molecular formula is C22H16ClFN2O4. The maximum atomic E-state index is 12.9. The van der Waals surface area contributed by atoms with Gasteiger partial charge >= 0.3 is 5.97 Å². The van der Waals surface area contributed by atoms with E-state index in [4.69, 9.17) is 16.3 Å². The molecule has 0 aliphatic heterocycles. The summed E-state index contributed by atoms with van der Waals surface area (Å²) in [7, 11) is 0. The quantitative estimate of drug-likeness (QED) is 0.567.